The summed E-state index contributed by atoms with van der Waals surface area (Å²) in [6.45, 7) is 1.13. The predicted octanol–water partition coefficient (Wildman–Crippen LogP) is 1.95. The van der Waals surface area contributed by atoms with Gasteiger partial charge in [0.1, 0.15) is 5.60 Å². The Balaban J connectivity index is 2.01. The summed E-state index contributed by atoms with van der Waals surface area (Å²) < 4.78 is 41.6. The van der Waals surface area contributed by atoms with E-state index in [9.17, 15) is 8.78 Å². The van der Waals surface area contributed by atoms with Gasteiger partial charge in [-0.25, -0.2) is 8.78 Å². The van der Waals surface area contributed by atoms with Crippen LogP contribution in [0.25, 0.3) is 0 Å². The zero-order valence-corrected chi connectivity index (χ0v) is 8.80. The number of alkyl halides is 2. The molecule has 1 heterocycles. The normalized spacial score (nSPS) is 28.8. The number of hydrogen-bond donors (Lipinski definition) is 0. The van der Waals surface area contributed by atoms with E-state index in [1.165, 1.54) is 7.11 Å². The fourth-order valence-electron chi connectivity index (χ4n) is 2.35. The molecule has 1 saturated carbocycles. The second-order valence-electron chi connectivity index (χ2n) is 4.18. The van der Waals surface area contributed by atoms with Crippen molar-refractivity contribution in [2.75, 3.05) is 20.3 Å². The summed E-state index contributed by atoms with van der Waals surface area (Å²) in [4.78, 5) is 0. The first-order chi connectivity index (χ1) is 7.13. The van der Waals surface area contributed by atoms with Gasteiger partial charge in [0, 0.05) is 20.0 Å². The molecule has 88 valence electrons. The van der Waals surface area contributed by atoms with Crippen molar-refractivity contribution in [3.63, 3.8) is 0 Å². The van der Waals surface area contributed by atoms with Gasteiger partial charge in [0.05, 0.1) is 13.2 Å². The summed E-state index contributed by atoms with van der Waals surface area (Å²) in [7, 11) is 1.35. The Labute approximate surface area is 87.7 Å². The van der Waals surface area contributed by atoms with E-state index in [4.69, 9.17) is 14.2 Å². The molecule has 0 aromatic heterocycles. The number of rotatable bonds is 2. The molecule has 0 N–H and O–H groups in total. The van der Waals surface area contributed by atoms with Crippen molar-refractivity contribution in [2.45, 2.75) is 43.5 Å². The van der Waals surface area contributed by atoms with Crippen LogP contribution in [0.3, 0.4) is 0 Å². The summed E-state index contributed by atoms with van der Waals surface area (Å²) in [6.07, 6.45) is -0.875. The van der Waals surface area contributed by atoms with Crippen molar-refractivity contribution in [3.8, 4) is 0 Å². The van der Waals surface area contributed by atoms with Gasteiger partial charge in [-0.2, -0.15) is 0 Å². The molecule has 2 fully saturated rings. The lowest BCUT2D eigenvalue weighted by molar-refractivity contribution is -0.228. The topological polar surface area (TPSA) is 27.7 Å². The first kappa shape index (κ1) is 11.2. The third kappa shape index (κ3) is 1.88. The van der Waals surface area contributed by atoms with Crippen LogP contribution < -0.4 is 0 Å². The van der Waals surface area contributed by atoms with Crippen LogP contribution >= 0.6 is 0 Å². The van der Waals surface area contributed by atoms with Crippen molar-refractivity contribution in [1.82, 2.24) is 0 Å². The number of methoxy groups -OCH3 is 1. The monoisotopic (exact) mass is 222 g/mol. The molecule has 1 aliphatic carbocycles. The van der Waals surface area contributed by atoms with Crippen molar-refractivity contribution in [2.24, 2.45) is 0 Å². The molecular weight excluding hydrogens is 206 g/mol. The lowest BCUT2D eigenvalue weighted by Crippen LogP contribution is -2.48. The SMILES string of the molecule is COC1(C(F)F)CCC2(CC1)OCCO2. The minimum atomic E-state index is -2.44. The minimum Gasteiger partial charge on any atom is -0.372 e. The predicted molar refractivity (Wildman–Crippen MR) is 48.8 cm³/mol. The maximum Gasteiger partial charge on any atom is 0.267 e. The quantitative estimate of drug-likeness (QED) is 0.714. The molecule has 1 aliphatic heterocycles. The molecule has 15 heavy (non-hydrogen) atoms. The number of hydrogen-bond acceptors (Lipinski definition) is 3. The molecule has 0 bridgehead atoms. The van der Waals surface area contributed by atoms with Crippen molar-refractivity contribution >= 4 is 0 Å². The molecule has 5 heteroatoms. The van der Waals surface area contributed by atoms with Crippen LogP contribution in [0.4, 0.5) is 8.78 Å². The van der Waals surface area contributed by atoms with E-state index >= 15 is 0 Å². The van der Waals surface area contributed by atoms with E-state index in [2.05, 4.69) is 0 Å². The highest BCUT2D eigenvalue weighted by atomic mass is 19.3. The Hall–Kier alpha value is -0.260. The van der Waals surface area contributed by atoms with E-state index < -0.39 is 17.8 Å². The summed E-state index contributed by atoms with van der Waals surface area (Å²) in [5, 5.41) is 0. The molecule has 0 radical (unpaired) electrons. The fourth-order valence-corrected chi connectivity index (χ4v) is 2.35. The third-order valence-electron chi connectivity index (χ3n) is 3.48. The molecule has 0 aromatic carbocycles. The van der Waals surface area contributed by atoms with E-state index in [1.54, 1.807) is 0 Å². The van der Waals surface area contributed by atoms with Gasteiger partial charge in [0.2, 0.25) is 0 Å². The molecule has 2 rings (SSSR count). The molecule has 1 spiro atoms. The first-order valence-electron chi connectivity index (χ1n) is 5.24. The third-order valence-corrected chi connectivity index (χ3v) is 3.48. The van der Waals surface area contributed by atoms with Gasteiger partial charge < -0.3 is 14.2 Å². The second kappa shape index (κ2) is 3.96. The molecular formula is C10H16F2O3. The van der Waals surface area contributed by atoms with Crippen LogP contribution in [0.1, 0.15) is 25.7 Å². The standard InChI is InChI=1S/C10H16F2O3/c1-13-9(8(11)12)2-4-10(5-3-9)14-6-7-15-10/h8H,2-7H2,1H3. The highest BCUT2D eigenvalue weighted by Gasteiger charge is 2.50. The van der Waals surface area contributed by atoms with Crippen LogP contribution in [-0.4, -0.2) is 38.1 Å². The zero-order chi connectivity index (χ0) is 10.9. The largest absolute Gasteiger partial charge is 0.372 e. The molecule has 0 unspecified atom stereocenters. The van der Waals surface area contributed by atoms with E-state index in [-0.39, 0.29) is 0 Å². The zero-order valence-electron chi connectivity index (χ0n) is 8.80. The molecule has 0 atom stereocenters. The van der Waals surface area contributed by atoms with Gasteiger partial charge in [-0.05, 0) is 12.8 Å². The summed E-state index contributed by atoms with van der Waals surface area (Å²) >= 11 is 0. The van der Waals surface area contributed by atoms with Crippen LogP contribution in [0, 0.1) is 0 Å². The first-order valence-corrected chi connectivity index (χ1v) is 5.24. The Morgan fingerprint density at radius 2 is 1.60 bits per heavy atom. The Morgan fingerprint density at radius 3 is 2.00 bits per heavy atom. The average molecular weight is 222 g/mol. The fraction of sp³-hybridized carbons (Fsp3) is 1.00. The highest BCUT2D eigenvalue weighted by molar-refractivity contribution is 4.94. The summed E-state index contributed by atoms with van der Waals surface area (Å²) in [6, 6.07) is 0. The van der Waals surface area contributed by atoms with Crippen LogP contribution in [0.2, 0.25) is 0 Å². The Morgan fingerprint density at radius 1 is 1.07 bits per heavy atom. The molecule has 0 aromatic rings. The van der Waals surface area contributed by atoms with E-state index in [1.807, 2.05) is 0 Å². The van der Waals surface area contributed by atoms with Gasteiger partial charge in [0.15, 0.2) is 5.79 Å². The van der Waals surface area contributed by atoms with Crippen LogP contribution in [0.15, 0.2) is 0 Å². The van der Waals surface area contributed by atoms with Crippen molar-refractivity contribution < 1.29 is 23.0 Å². The average Bonchev–Trinajstić information content (AvgIpc) is 2.68. The second-order valence-corrected chi connectivity index (χ2v) is 4.18. The lowest BCUT2D eigenvalue weighted by Gasteiger charge is -2.42. The highest BCUT2D eigenvalue weighted by Crippen LogP contribution is 2.44. The van der Waals surface area contributed by atoms with Crippen molar-refractivity contribution in [3.05, 3.63) is 0 Å². The number of halogens is 2. The van der Waals surface area contributed by atoms with E-state index in [0.29, 0.717) is 38.9 Å². The summed E-state index contributed by atoms with van der Waals surface area (Å²) in [5.74, 6) is -0.600. The maximum absolute atomic E-state index is 12.8. The Bertz CT molecular complexity index is 217. The van der Waals surface area contributed by atoms with Crippen LogP contribution in [0.5, 0.6) is 0 Å². The smallest absolute Gasteiger partial charge is 0.267 e. The van der Waals surface area contributed by atoms with Gasteiger partial charge in [0.25, 0.3) is 6.43 Å². The van der Waals surface area contributed by atoms with Crippen LogP contribution in [-0.2, 0) is 14.2 Å². The van der Waals surface area contributed by atoms with Gasteiger partial charge >= 0.3 is 0 Å². The maximum atomic E-state index is 12.8. The minimum absolute atomic E-state index is 0.293. The lowest BCUT2D eigenvalue weighted by atomic mass is 9.81. The van der Waals surface area contributed by atoms with Gasteiger partial charge in [-0.3, -0.25) is 0 Å². The van der Waals surface area contributed by atoms with E-state index in [0.717, 1.165) is 0 Å². The number of ether oxygens (including phenoxy) is 3. The molecule has 1 saturated heterocycles. The van der Waals surface area contributed by atoms with Gasteiger partial charge in [-0.15, -0.1) is 0 Å². The van der Waals surface area contributed by atoms with Crippen molar-refractivity contribution in [1.29, 1.82) is 0 Å². The molecule has 3 nitrogen and oxygen atoms in total. The van der Waals surface area contributed by atoms with Gasteiger partial charge in [-0.1, -0.05) is 0 Å². The molecule has 2 aliphatic rings. The summed E-state index contributed by atoms with van der Waals surface area (Å²) in [5.41, 5.74) is -1.29. The Kier molecular flexibility index (Phi) is 2.96. The molecule has 0 amide bonds.